The Labute approximate surface area is 131 Å². The largest absolute Gasteiger partial charge is 0.384 e. The Kier molecular flexibility index (Phi) is 5.91. The number of anilines is 1. The lowest BCUT2D eigenvalue weighted by Crippen LogP contribution is -2.35. The molecule has 0 unspecified atom stereocenters. The van der Waals surface area contributed by atoms with Gasteiger partial charge in [0.15, 0.2) is 0 Å². The van der Waals surface area contributed by atoms with Gasteiger partial charge in [0, 0.05) is 29.7 Å². The summed E-state index contributed by atoms with van der Waals surface area (Å²) >= 11 is 1.97. The van der Waals surface area contributed by atoms with Crippen molar-refractivity contribution >= 4 is 23.4 Å². The van der Waals surface area contributed by atoms with Crippen LogP contribution in [0.1, 0.15) is 49.5 Å². The van der Waals surface area contributed by atoms with Gasteiger partial charge in [0.1, 0.15) is 5.69 Å². The zero-order chi connectivity index (χ0) is 15.1. The summed E-state index contributed by atoms with van der Waals surface area (Å²) in [6, 6.07) is 3.77. The average molecular weight is 307 g/mol. The second-order valence-corrected chi connectivity index (χ2v) is 6.86. The summed E-state index contributed by atoms with van der Waals surface area (Å²) in [6.45, 7) is 3.48. The van der Waals surface area contributed by atoms with E-state index in [1.165, 1.54) is 32.1 Å². The van der Waals surface area contributed by atoms with E-state index in [0.717, 1.165) is 12.2 Å². The first-order chi connectivity index (χ1) is 10.2. The minimum atomic E-state index is -0.113. The highest BCUT2D eigenvalue weighted by Crippen LogP contribution is 2.38. The quantitative estimate of drug-likeness (QED) is 0.846. The van der Waals surface area contributed by atoms with Crippen LogP contribution >= 0.6 is 11.8 Å². The Bertz CT molecular complexity index is 472. The van der Waals surface area contributed by atoms with Crippen LogP contribution in [0.2, 0.25) is 0 Å². The van der Waals surface area contributed by atoms with Crippen molar-refractivity contribution in [1.29, 1.82) is 0 Å². The highest BCUT2D eigenvalue weighted by atomic mass is 32.2. The number of rotatable bonds is 6. The third kappa shape index (κ3) is 4.37. The van der Waals surface area contributed by atoms with Crippen LogP contribution in [-0.2, 0) is 0 Å². The first kappa shape index (κ1) is 16.1. The van der Waals surface area contributed by atoms with E-state index in [9.17, 15) is 4.79 Å². The molecule has 0 atom stereocenters. The highest BCUT2D eigenvalue weighted by molar-refractivity contribution is 8.00. The number of amides is 1. The Hall–Kier alpha value is -1.23. The minimum Gasteiger partial charge on any atom is -0.384 e. The Morgan fingerprint density at radius 3 is 2.81 bits per heavy atom. The molecule has 4 nitrogen and oxygen atoms in total. The molecule has 2 N–H and O–H groups in total. The van der Waals surface area contributed by atoms with Gasteiger partial charge in [-0.3, -0.25) is 9.78 Å². The van der Waals surface area contributed by atoms with Gasteiger partial charge in [-0.05, 0) is 38.2 Å². The fourth-order valence-electron chi connectivity index (χ4n) is 2.83. The van der Waals surface area contributed by atoms with Crippen LogP contribution in [0.25, 0.3) is 0 Å². The van der Waals surface area contributed by atoms with Gasteiger partial charge in [-0.15, -0.1) is 0 Å². The average Bonchev–Trinajstić information content (AvgIpc) is 2.54. The van der Waals surface area contributed by atoms with Gasteiger partial charge in [-0.1, -0.05) is 19.3 Å². The molecule has 1 aliphatic rings. The lowest BCUT2D eigenvalue weighted by Gasteiger charge is -2.36. The molecule has 0 radical (unpaired) electrons. The second kappa shape index (κ2) is 7.69. The number of aromatic nitrogens is 1. The molecule has 2 rings (SSSR count). The van der Waals surface area contributed by atoms with E-state index in [1.807, 2.05) is 30.8 Å². The fourth-order valence-corrected chi connectivity index (χ4v) is 3.74. The van der Waals surface area contributed by atoms with Gasteiger partial charge in [0.2, 0.25) is 0 Å². The summed E-state index contributed by atoms with van der Waals surface area (Å²) < 4.78 is 0.341. The Morgan fingerprint density at radius 1 is 1.38 bits per heavy atom. The zero-order valence-electron chi connectivity index (χ0n) is 12.9. The number of pyridine rings is 1. The molecular weight excluding hydrogens is 282 g/mol. The van der Waals surface area contributed by atoms with Gasteiger partial charge in [-0.2, -0.15) is 11.8 Å². The van der Waals surface area contributed by atoms with Gasteiger partial charge >= 0.3 is 0 Å². The summed E-state index contributed by atoms with van der Waals surface area (Å²) in [4.78, 5) is 15.9. The minimum absolute atomic E-state index is 0.113. The molecule has 116 valence electrons. The van der Waals surface area contributed by atoms with Crippen molar-refractivity contribution in [2.24, 2.45) is 0 Å². The monoisotopic (exact) mass is 307 g/mol. The molecule has 1 heterocycles. The third-order valence-corrected chi connectivity index (χ3v) is 5.56. The van der Waals surface area contributed by atoms with Crippen LogP contribution in [-0.4, -0.2) is 35.0 Å². The number of hydrogen-bond acceptors (Lipinski definition) is 4. The maximum atomic E-state index is 11.8. The van der Waals surface area contributed by atoms with E-state index < -0.39 is 0 Å². The topological polar surface area (TPSA) is 54.0 Å². The molecule has 1 aromatic heterocycles. The summed E-state index contributed by atoms with van der Waals surface area (Å²) in [5, 5.41) is 6.28. The van der Waals surface area contributed by atoms with E-state index in [4.69, 9.17) is 0 Å². The molecule has 0 aromatic carbocycles. The van der Waals surface area contributed by atoms with Crippen LogP contribution in [0, 0.1) is 0 Å². The van der Waals surface area contributed by atoms with Crippen molar-refractivity contribution in [2.75, 3.05) is 24.7 Å². The summed E-state index contributed by atoms with van der Waals surface area (Å²) in [5.41, 5.74) is 1.45. The van der Waals surface area contributed by atoms with Crippen molar-refractivity contribution < 1.29 is 4.79 Å². The van der Waals surface area contributed by atoms with Gasteiger partial charge in [0.05, 0.1) is 0 Å². The number of thioether (sulfide) groups is 1. The van der Waals surface area contributed by atoms with Crippen LogP contribution in [0.3, 0.4) is 0 Å². The van der Waals surface area contributed by atoms with E-state index in [1.54, 1.807) is 6.20 Å². The number of carbonyl (C=O) groups is 1. The van der Waals surface area contributed by atoms with Crippen LogP contribution in [0.4, 0.5) is 5.69 Å². The molecule has 1 aliphatic carbocycles. The Morgan fingerprint density at radius 2 is 2.14 bits per heavy atom. The Balaban J connectivity index is 1.99. The zero-order valence-corrected chi connectivity index (χ0v) is 13.8. The smallest absolute Gasteiger partial charge is 0.269 e. The number of nitrogens with zero attached hydrogens (tertiary/aromatic N) is 1. The van der Waals surface area contributed by atoms with Crippen molar-refractivity contribution in [1.82, 2.24) is 10.3 Å². The molecule has 1 amide bonds. The van der Waals surface area contributed by atoms with E-state index in [0.29, 0.717) is 17.0 Å². The number of nitrogens with one attached hydrogen (secondary N) is 2. The van der Waals surface area contributed by atoms with E-state index in [-0.39, 0.29) is 5.91 Å². The fraction of sp³-hybridized carbons (Fsp3) is 0.625. The number of hydrogen-bond donors (Lipinski definition) is 2. The van der Waals surface area contributed by atoms with Crippen molar-refractivity contribution in [3.05, 3.63) is 24.0 Å². The summed E-state index contributed by atoms with van der Waals surface area (Å²) in [7, 11) is 0. The molecular formula is C16H25N3OS. The molecule has 21 heavy (non-hydrogen) atoms. The maximum absolute atomic E-state index is 11.8. The van der Waals surface area contributed by atoms with Crippen molar-refractivity contribution in [3.63, 3.8) is 0 Å². The van der Waals surface area contributed by atoms with Crippen LogP contribution in [0.15, 0.2) is 18.3 Å². The van der Waals surface area contributed by atoms with E-state index in [2.05, 4.69) is 21.9 Å². The standard InChI is InChI=1S/C16H25N3OS/c1-3-17-15(20)14-11-13(7-10-18-14)19-12-16(21-2)8-5-4-6-9-16/h7,10-11H,3-6,8-9,12H2,1-2H3,(H,17,20)(H,18,19). The predicted molar refractivity (Wildman–Crippen MR) is 90.1 cm³/mol. The molecule has 0 bridgehead atoms. The van der Waals surface area contributed by atoms with E-state index >= 15 is 0 Å². The SMILES string of the molecule is CCNC(=O)c1cc(NCC2(SC)CCCCC2)ccn1. The maximum Gasteiger partial charge on any atom is 0.269 e. The lowest BCUT2D eigenvalue weighted by molar-refractivity contribution is 0.0951. The second-order valence-electron chi connectivity index (χ2n) is 5.59. The molecule has 1 saturated carbocycles. The van der Waals surface area contributed by atoms with Crippen molar-refractivity contribution in [2.45, 2.75) is 43.8 Å². The van der Waals surface area contributed by atoms with Gasteiger partial charge < -0.3 is 10.6 Å². The highest BCUT2D eigenvalue weighted by Gasteiger charge is 2.30. The number of carbonyl (C=O) groups excluding carboxylic acids is 1. The van der Waals surface area contributed by atoms with Crippen LogP contribution < -0.4 is 10.6 Å². The molecule has 0 saturated heterocycles. The summed E-state index contributed by atoms with van der Waals surface area (Å²) in [6.07, 6.45) is 10.5. The predicted octanol–water partition coefficient (Wildman–Crippen LogP) is 3.31. The molecule has 0 aliphatic heterocycles. The molecule has 0 spiro atoms. The van der Waals surface area contributed by atoms with Gasteiger partial charge in [-0.25, -0.2) is 0 Å². The summed E-state index contributed by atoms with van der Waals surface area (Å²) in [5.74, 6) is -0.113. The van der Waals surface area contributed by atoms with Crippen molar-refractivity contribution in [3.8, 4) is 0 Å². The molecule has 1 aromatic rings. The normalized spacial score (nSPS) is 17.2. The first-order valence-electron chi connectivity index (χ1n) is 7.72. The molecule has 5 heteroatoms. The lowest BCUT2D eigenvalue weighted by atomic mass is 9.88. The van der Waals surface area contributed by atoms with Crippen LogP contribution in [0.5, 0.6) is 0 Å². The first-order valence-corrected chi connectivity index (χ1v) is 8.95. The molecule has 1 fully saturated rings. The third-order valence-electron chi connectivity index (χ3n) is 4.14. The van der Waals surface area contributed by atoms with Gasteiger partial charge in [0.25, 0.3) is 5.91 Å².